The number of benzene rings is 1. The molecular weight excluding hydrogens is 316 g/mol. The van der Waals surface area contributed by atoms with Crippen LogP contribution in [-0.4, -0.2) is 14.8 Å². The highest BCUT2D eigenvalue weighted by Crippen LogP contribution is 2.28. The predicted octanol–water partition coefficient (Wildman–Crippen LogP) is 3.40. The van der Waals surface area contributed by atoms with E-state index < -0.39 is 0 Å². The van der Waals surface area contributed by atoms with Crippen molar-refractivity contribution in [2.45, 2.75) is 26.4 Å². The maximum absolute atomic E-state index is 6.06. The van der Waals surface area contributed by atoms with E-state index in [-0.39, 0.29) is 6.04 Å². The average Bonchev–Trinajstić information content (AvgIpc) is 2.71. The molecule has 0 aliphatic rings. The van der Waals surface area contributed by atoms with Gasteiger partial charge in [0.15, 0.2) is 5.82 Å². The van der Waals surface area contributed by atoms with Crippen molar-refractivity contribution in [3.63, 3.8) is 0 Å². The molecular formula is C12H14BrClN4. The van der Waals surface area contributed by atoms with E-state index in [4.69, 9.17) is 17.3 Å². The third kappa shape index (κ3) is 2.58. The van der Waals surface area contributed by atoms with Crippen molar-refractivity contribution in [1.29, 1.82) is 0 Å². The van der Waals surface area contributed by atoms with Crippen LogP contribution in [0, 0.1) is 0 Å². The molecule has 0 saturated heterocycles. The Morgan fingerprint density at radius 3 is 2.61 bits per heavy atom. The van der Waals surface area contributed by atoms with Crippen LogP contribution in [0.15, 0.2) is 22.7 Å². The van der Waals surface area contributed by atoms with E-state index in [9.17, 15) is 0 Å². The molecule has 2 rings (SSSR count). The molecule has 0 atom stereocenters. The molecule has 0 amide bonds. The summed E-state index contributed by atoms with van der Waals surface area (Å²) in [5.74, 6) is 1.56. The molecule has 0 saturated carbocycles. The van der Waals surface area contributed by atoms with Crippen molar-refractivity contribution in [1.82, 2.24) is 14.8 Å². The summed E-state index contributed by atoms with van der Waals surface area (Å²) in [6.45, 7) is 4.52. The van der Waals surface area contributed by atoms with Crippen molar-refractivity contribution in [2.24, 2.45) is 5.73 Å². The highest BCUT2D eigenvalue weighted by atomic mass is 79.9. The van der Waals surface area contributed by atoms with Gasteiger partial charge in [-0.3, -0.25) is 0 Å². The summed E-state index contributed by atoms with van der Waals surface area (Å²) in [6.07, 6.45) is 0. The third-order valence-corrected chi connectivity index (χ3v) is 3.26. The second kappa shape index (κ2) is 5.38. The zero-order valence-corrected chi connectivity index (χ0v) is 12.5. The SMILES string of the molecule is CC(C)n1c(CN)nnc1-c1cc(Cl)cc(Br)c1. The fourth-order valence-corrected chi connectivity index (χ4v) is 2.75. The summed E-state index contributed by atoms with van der Waals surface area (Å²) in [5.41, 5.74) is 6.61. The van der Waals surface area contributed by atoms with Crippen LogP contribution in [0.25, 0.3) is 11.4 Å². The van der Waals surface area contributed by atoms with E-state index in [0.717, 1.165) is 21.7 Å². The lowest BCUT2D eigenvalue weighted by molar-refractivity contribution is 0.574. The molecule has 0 aliphatic carbocycles. The normalized spacial score (nSPS) is 11.2. The van der Waals surface area contributed by atoms with Gasteiger partial charge in [0.1, 0.15) is 5.82 Å². The molecule has 0 fully saturated rings. The van der Waals surface area contributed by atoms with Gasteiger partial charge < -0.3 is 10.3 Å². The predicted molar refractivity (Wildman–Crippen MR) is 76.4 cm³/mol. The standard InChI is InChI=1S/C12H14BrClN4/c1-7(2)18-11(6-15)16-17-12(18)8-3-9(13)5-10(14)4-8/h3-5,7H,6,15H2,1-2H3. The Bertz CT molecular complexity index is 545. The molecule has 1 aromatic carbocycles. The summed E-state index contributed by atoms with van der Waals surface area (Å²) >= 11 is 9.49. The number of hydrogen-bond acceptors (Lipinski definition) is 3. The summed E-state index contributed by atoms with van der Waals surface area (Å²) < 4.78 is 2.94. The minimum Gasteiger partial charge on any atom is -0.324 e. The highest BCUT2D eigenvalue weighted by molar-refractivity contribution is 9.10. The maximum Gasteiger partial charge on any atom is 0.164 e. The third-order valence-electron chi connectivity index (χ3n) is 2.59. The first-order valence-electron chi connectivity index (χ1n) is 5.63. The lowest BCUT2D eigenvalue weighted by atomic mass is 10.2. The molecule has 2 N–H and O–H groups in total. The van der Waals surface area contributed by atoms with Crippen molar-refractivity contribution in [3.8, 4) is 11.4 Å². The minimum atomic E-state index is 0.242. The Hall–Kier alpha value is -0.910. The van der Waals surface area contributed by atoms with Gasteiger partial charge in [-0.05, 0) is 32.0 Å². The largest absolute Gasteiger partial charge is 0.324 e. The number of nitrogens with zero attached hydrogens (tertiary/aromatic N) is 3. The van der Waals surface area contributed by atoms with Crippen LogP contribution < -0.4 is 5.73 Å². The summed E-state index contributed by atoms with van der Waals surface area (Å²) in [7, 11) is 0. The smallest absolute Gasteiger partial charge is 0.164 e. The van der Waals surface area contributed by atoms with Crippen LogP contribution in [0.2, 0.25) is 5.02 Å². The summed E-state index contributed by atoms with van der Waals surface area (Å²) in [6, 6.07) is 5.92. The van der Waals surface area contributed by atoms with Crippen LogP contribution in [0.3, 0.4) is 0 Å². The fraction of sp³-hybridized carbons (Fsp3) is 0.333. The average molecular weight is 330 g/mol. The first-order valence-corrected chi connectivity index (χ1v) is 6.80. The Morgan fingerprint density at radius 1 is 1.33 bits per heavy atom. The van der Waals surface area contributed by atoms with E-state index in [1.165, 1.54) is 0 Å². The van der Waals surface area contributed by atoms with Crippen LogP contribution in [0.4, 0.5) is 0 Å². The van der Waals surface area contributed by atoms with E-state index in [2.05, 4.69) is 40.0 Å². The first kappa shape index (κ1) is 13.5. The molecule has 0 radical (unpaired) electrons. The summed E-state index contributed by atoms with van der Waals surface area (Å²) in [4.78, 5) is 0. The second-order valence-electron chi connectivity index (χ2n) is 4.27. The number of rotatable bonds is 3. The van der Waals surface area contributed by atoms with E-state index >= 15 is 0 Å². The monoisotopic (exact) mass is 328 g/mol. The Morgan fingerprint density at radius 2 is 2.06 bits per heavy atom. The summed E-state index contributed by atoms with van der Waals surface area (Å²) in [5, 5.41) is 8.99. The topological polar surface area (TPSA) is 56.7 Å². The number of hydrogen-bond donors (Lipinski definition) is 1. The van der Waals surface area contributed by atoms with Gasteiger partial charge in [-0.1, -0.05) is 27.5 Å². The van der Waals surface area contributed by atoms with E-state index in [0.29, 0.717) is 11.6 Å². The molecule has 6 heteroatoms. The number of aromatic nitrogens is 3. The van der Waals surface area contributed by atoms with Crippen LogP contribution in [0.5, 0.6) is 0 Å². The minimum absolute atomic E-state index is 0.242. The number of nitrogens with two attached hydrogens (primary N) is 1. The zero-order chi connectivity index (χ0) is 13.3. The van der Waals surface area contributed by atoms with Gasteiger partial charge in [0.05, 0.1) is 6.54 Å². The van der Waals surface area contributed by atoms with Gasteiger partial charge in [-0.2, -0.15) is 0 Å². The van der Waals surface area contributed by atoms with Crippen LogP contribution in [0.1, 0.15) is 25.7 Å². The van der Waals surface area contributed by atoms with Gasteiger partial charge in [0.2, 0.25) is 0 Å². The van der Waals surface area contributed by atoms with Gasteiger partial charge in [0.25, 0.3) is 0 Å². The Kier molecular flexibility index (Phi) is 4.04. The van der Waals surface area contributed by atoms with Gasteiger partial charge in [0, 0.05) is 21.1 Å². The molecule has 1 heterocycles. The maximum atomic E-state index is 6.06. The van der Waals surface area contributed by atoms with E-state index in [1.54, 1.807) is 0 Å². The molecule has 18 heavy (non-hydrogen) atoms. The molecule has 4 nitrogen and oxygen atoms in total. The Labute approximate surface area is 119 Å². The van der Waals surface area contributed by atoms with Gasteiger partial charge in [-0.15, -0.1) is 10.2 Å². The van der Waals surface area contributed by atoms with Crippen molar-refractivity contribution < 1.29 is 0 Å². The zero-order valence-electron chi connectivity index (χ0n) is 10.2. The van der Waals surface area contributed by atoms with Crippen molar-refractivity contribution in [2.75, 3.05) is 0 Å². The van der Waals surface area contributed by atoms with Gasteiger partial charge >= 0.3 is 0 Å². The fourth-order valence-electron chi connectivity index (χ4n) is 1.89. The van der Waals surface area contributed by atoms with Crippen LogP contribution >= 0.6 is 27.5 Å². The quantitative estimate of drug-likeness (QED) is 0.939. The molecule has 0 unspecified atom stereocenters. The molecule has 0 bridgehead atoms. The molecule has 1 aromatic heterocycles. The lowest BCUT2D eigenvalue weighted by Gasteiger charge is -2.13. The molecule has 0 aliphatic heterocycles. The Balaban J connectivity index is 2.60. The van der Waals surface area contributed by atoms with Crippen molar-refractivity contribution in [3.05, 3.63) is 33.5 Å². The van der Waals surface area contributed by atoms with E-state index in [1.807, 2.05) is 22.8 Å². The van der Waals surface area contributed by atoms with Crippen LogP contribution in [-0.2, 0) is 6.54 Å². The van der Waals surface area contributed by atoms with Crippen molar-refractivity contribution >= 4 is 27.5 Å². The lowest BCUT2D eigenvalue weighted by Crippen LogP contribution is -2.11. The second-order valence-corrected chi connectivity index (χ2v) is 5.62. The molecule has 2 aromatic rings. The van der Waals surface area contributed by atoms with Gasteiger partial charge in [-0.25, -0.2) is 0 Å². The first-order chi connectivity index (χ1) is 8.52. The molecule has 96 valence electrons. The highest BCUT2D eigenvalue weighted by Gasteiger charge is 2.15. The molecule has 0 spiro atoms. The number of halogens is 2.